The number of benzene rings is 3. The molecule has 0 atom stereocenters. The largest absolute Gasteiger partial charge is 0.309 e. The molecule has 0 aliphatic heterocycles. The van der Waals surface area contributed by atoms with Gasteiger partial charge in [0, 0.05) is 16.5 Å². The van der Waals surface area contributed by atoms with Crippen LogP contribution in [0.4, 0.5) is 0 Å². The molecule has 0 spiro atoms. The number of aromatic nitrogens is 1. The molecule has 3 aromatic carbocycles. The van der Waals surface area contributed by atoms with Crippen LogP contribution < -0.4 is 0 Å². The molecule has 4 rings (SSSR count). The minimum atomic E-state index is 1.25. The number of nitrogens with zero attached hydrogens (tertiary/aromatic N) is 1. The van der Waals surface area contributed by atoms with E-state index in [2.05, 4.69) is 86.0 Å². The zero-order valence-electron chi connectivity index (χ0n) is 13.2. The first-order valence-corrected chi connectivity index (χ1v) is 7.73. The number of hydrogen-bond donors (Lipinski definition) is 0. The maximum absolute atomic E-state index is 2.38. The molecule has 0 saturated carbocycles. The first-order chi connectivity index (χ1) is 10.7. The number of hydrogen-bond acceptors (Lipinski definition) is 0. The Morgan fingerprint density at radius 1 is 0.636 bits per heavy atom. The van der Waals surface area contributed by atoms with Gasteiger partial charge in [-0.15, -0.1) is 0 Å². The standard InChI is InChI=1S/C21H19N/c1-14-12-17(13-15(2)16(14)3)22-20-10-6-4-8-18(20)19-9-5-7-11-21(19)22/h4-13H,1-3H3. The molecular formula is C21H19N. The average Bonchev–Trinajstić information content (AvgIpc) is 2.87. The lowest BCUT2D eigenvalue weighted by atomic mass is 10.0. The highest BCUT2D eigenvalue weighted by Gasteiger charge is 2.12. The van der Waals surface area contributed by atoms with E-state index in [1.54, 1.807) is 0 Å². The summed E-state index contributed by atoms with van der Waals surface area (Å²) in [5.41, 5.74) is 7.86. The molecule has 22 heavy (non-hydrogen) atoms. The number of fused-ring (bicyclic) bond motifs is 3. The lowest BCUT2D eigenvalue weighted by molar-refractivity contribution is 1.14. The van der Waals surface area contributed by atoms with Crippen molar-refractivity contribution in [1.82, 2.24) is 4.57 Å². The van der Waals surface area contributed by atoms with Crippen LogP contribution in [-0.4, -0.2) is 4.57 Å². The fourth-order valence-electron chi connectivity index (χ4n) is 3.34. The van der Waals surface area contributed by atoms with E-state index in [0.717, 1.165) is 0 Å². The highest BCUT2D eigenvalue weighted by molar-refractivity contribution is 6.09. The van der Waals surface area contributed by atoms with Crippen molar-refractivity contribution in [1.29, 1.82) is 0 Å². The Hall–Kier alpha value is -2.54. The maximum atomic E-state index is 2.38. The van der Waals surface area contributed by atoms with E-state index in [1.165, 1.54) is 44.2 Å². The van der Waals surface area contributed by atoms with Crippen LogP contribution >= 0.6 is 0 Å². The van der Waals surface area contributed by atoms with Crippen molar-refractivity contribution >= 4 is 21.8 Å². The average molecular weight is 285 g/mol. The smallest absolute Gasteiger partial charge is 0.0541 e. The Kier molecular flexibility index (Phi) is 2.83. The van der Waals surface area contributed by atoms with E-state index in [0.29, 0.717) is 0 Å². The molecular weight excluding hydrogens is 266 g/mol. The van der Waals surface area contributed by atoms with Crippen molar-refractivity contribution in [3.63, 3.8) is 0 Å². The van der Waals surface area contributed by atoms with Gasteiger partial charge < -0.3 is 4.57 Å². The molecule has 0 amide bonds. The second kappa shape index (κ2) is 4.74. The topological polar surface area (TPSA) is 4.93 Å². The minimum Gasteiger partial charge on any atom is -0.309 e. The molecule has 0 N–H and O–H groups in total. The van der Waals surface area contributed by atoms with Gasteiger partial charge >= 0.3 is 0 Å². The van der Waals surface area contributed by atoms with Crippen molar-refractivity contribution in [3.05, 3.63) is 77.4 Å². The van der Waals surface area contributed by atoms with Crippen molar-refractivity contribution in [2.75, 3.05) is 0 Å². The van der Waals surface area contributed by atoms with Crippen molar-refractivity contribution in [2.24, 2.45) is 0 Å². The summed E-state index contributed by atoms with van der Waals surface area (Å²) < 4.78 is 2.38. The van der Waals surface area contributed by atoms with E-state index in [1.807, 2.05) is 0 Å². The van der Waals surface area contributed by atoms with Crippen molar-refractivity contribution in [2.45, 2.75) is 20.8 Å². The third-order valence-electron chi connectivity index (χ3n) is 4.75. The number of rotatable bonds is 1. The fraction of sp³-hybridized carbons (Fsp3) is 0.143. The van der Waals surface area contributed by atoms with E-state index in [-0.39, 0.29) is 0 Å². The van der Waals surface area contributed by atoms with Crippen LogP contribution in [-0.2, 0) is 0 Å². The summed E-state index contributed by atoms with van der Waals surface area (Å²) in [6.45, 7) is 6.58. The van der Waals surface area contributed by atoms with Gasteiger partial charge in [-0.3, -0.25) is 0 Å². The molecule has 0 fully saturated rings. The Morgan fingerprint density at radius 2 is 1.09 bits per heavy atom. The Morgan fingerprint density at radius 3 is 1.59 bits per heavy atom. The Balaban J connectivity index is 2.17. The Bertz CT molecular complexity index is 929. The van der Waals surface area contributed by atoms with E-state index < -0.39 is 0 Å². The van der Waals surface area contributed by atoms with Gasteiger partial charge in [-0.1, -0.05) is 36.4 Å². The zero-order chi connectivity index (χ0) is 15.3. The normalized spacial score (nSPS) is 11.4. The summed E-state index contributed by atoms with van der Waals surface area (Å²) in [6, 6.07) is 21.9. The molecule has 0 unspecified atom stereocenters. The van der Waals surface area contributed by atoms with Crippen LogP contribution in [0, 0.1) is 20.8 Å². The predicted octanol–water partition coefficient (Wildman–Crippen LogP) is 5.71. The van der Waals surface area contributed by atoms with Gasteiger partial charge in [0.2, 0.25) is 0 Å². The quantitative estimate of drug-likeness (QED) is 0.422. The van der Waals surface area contributed by atoms with Gasteiger partial charge in [0.25, 0.3) is 0 Å². The fourth-order valence-corrected chi connectivity index (χ4v) is 3.34. The van der Waals surface area contributed by atoms with Crippen LogP contribution in [0.5, 0.6) is 0 Å². The SMILES string of the molecule is Cc1cc(-n2c3ccccc3c3ccccc32)cc(C)c1C. The summed E-state index contributed by atoms with van der Waals surface area (Å²) in [4.78, 5) is 0. The summed E-state index contributed by atoms with van der Waals surface area (Å²) in [5, 5.41) is 2.63. The lowest BCUT2D eigenvalue weighted by Crippen LogP contribution is -1.97. The molecule has 1 heterocycles. The molecule has 0 saturated heterocycles. The van der Waals surface area contributed by atoms with Crippen molar-refractivity contribution < 1.29 is 0 Å². The number of para-hydroxylation sites is 2. The summed E-state index contributed by atoms with van der Waals surface area (Å²) >= 11 is 0. The molecule has 1 aromatic heterocycles. The maximum Gasteiger partial charge on any atom is 0.0541 e. The summed E-state index contributed by atoms with van der Waals surface area (Å²) in [6.07, 6.45) is 0. The van der Waals surface area contributed by atoms with Crippen molar-refractivity contribution in [3.8, 4) is 5.69 Å². The molecule has 1 heteroatoms. The third kappa shape index (κ3) is 1.79. The van der Waals surface area contributed by atoms with Crippen LogP contribution in [0.3, 0.4) is 0 Å². The molecule has 1 nitrogen and oxygen atoms in total. The second-order valence-corrected chi connectivity index (χ2v) is 6.07. The highest BCUT2D eigenvalue weighted by atomic mass is 15.0. The van der Waals surface area contributed by atoms with Crippen LogP contribution in [0.2, 0.25) is 0 Å². The van der Waals surface area contributed by atoms with Crippen LogP contribution in [0.25, 0.3) is 27.5 Å². The monoisotopic (exact) mass is 285 g/mol. The first kappa shape index (κ1) is 13.1. The summed E-state index contributed by atoms with van der Waals surface area (Å²) in [7, 11) is 0. The van der Waals surface area contributed by atoms with Gasteiger partial charge in [-0.25, -0.2) is 0 Å². The minimum absolute atomic E-state index is 1.25. The zero-order valence-corrected chi connectivity index (χ0v) is 13.2. The molecule has 0 aliphatic carbocycles. The third-order valence-corrected chi connectivity index (χ3v) is 4.75. The molecule has 0 bridgehead atoms. The molecule has 0 radical (unpaired) electrons. The van der Waals surface area contributed by atoms with Gasteiger partial charge in [0.1, 0.15) is 0 Å². The van der Waals surface area contributed by atoms with Crippen LogP contribution in [0.1, 0.15) is 16.7 Å². The molecule has 108 valence electrons. The van der Waals surface area contributed by atoms with Gasteiger partial charge in [0.05, 0.1) is 11.0 Å². The first-order valence-electron chi connectivity index (χ1n) is 7.73. The lowest BCUT2D eigenvalue weighted by Gasteiger charge is -2.12. The van der Waals surface area contributed by atoms with Gasteiger partial charge in [-0.2, -0.15) is 0 Å². The van der Waals surface area contributed by atoms with E-state index >= 15 is 0 Å². The van der Waals surface area contributed by atoms with E-state index in [4.69, 9.17) is 0 Å². The highest BCUT2D eigenvalue weighted by Crippen LogP contribution is 2.32. The van der Waals surface area contributed by atoms with Gasteiger partial charge in [0.15, 0.2) is 0 Å². The second-order valence-electron chi connectivity index (χ2n) is 6.07. The Labute approximate surface area is 130 Å². The van der Waals surface area contributed by atoms with E-state index in [9.17, 15) is 0 Å². The van der Waals surface area contributed by atoms with Crippen LogP contribution in [0.15, 0.2) is 60.7 Å². The summed E-state index contributed by atoms with van der Waals surface area (Å²) in [5.74, 6) is 0. The molecule has 0 aliphatic rings. The number of aryl methyl sites for hydroxylation is 2. The van der Waals surface area contributed by atoms with Gasteiger partial charge in [-0.05, 0) is 61.7 Å². The predicted molar refractivity (Wildman–Crippen MR) is 95.0 cm³/mol. The molecule has 4 aromatic rings.